The molecule has 2 bridgehead atoms. The second-order valence-electron chi connectivity index (χ2n) is 5.95. The summed E-state index contributed by atoms with van der Waals surface area (Å²) in [4.78, 5) is 2.48. The second-order valence-corrected chi connectivity index (χ2v) is 5.95. The quantitative estimate of drug-likeness (QED) is 0.559. The fraction of sp³-hybridized carbons (Fsp3) is 0.923. The SMILES string of the molecule is CC1CN(C2/C(=N\O)C3CCC2C3)CC(C)O1. The summed E-state index contributed by atoms with van der Waals surface area (Å²) in [6, 6.07) is 0.382. The molecular weight excluding hydrogens is 216 g/mol. The summed E-state index contributed by atoms with van der Waals surface area (Å²) in [5, 5.41) is 12.9. The Kier molecular flexibility index (Phi) is 2.87. The number of ether oxygens (including phenoxy) is 1. The highest BCUT2D eigenvalue weighted by Gasteiger charge is 2.49. The van der Waals surface area contributed by atoms with E-state index >= 15 is 0 Å². The van der Waals surface area contributed by atoms with Gasteiger partial charge in [-0.05, 0) is 39.0 Å². The Morgan fingerprint density at radius 3 is 2.59 bits per heavy atom. The standard InChI is InChI=1S/C13H22N2O2/c1-8-6-15(7-9(2)17-8)13-11-4-3-10(5-11)12(13)14-16/h8-11,13,16H,3-7H2,1-2H3/b14-12-. The first kappa shape index (κ1) is 11.5. The van der Waals surface area contributed by atoms with E-state index in [1.807, 2.05) is 0 Å². The summed E-state index contributed by atoms with van der Waals surface area (Å²) < 4.78 is 5.78. The van der Waals surface area contributed by atoms with Crippen LogP contribution in [0.1, 0.15) is 33.1 Å². The summed E-state index contributed by atoms with van der Waals surface area (Å²) in [7, 11) is 0. The molecule has 0 aromatic rings. The van der Waals surface area contributed by atoms with E-state index in [9.17, 15) is 5.21 Å². The Balaban J connectivity index is 1.79. The summed E-state index contributed by atoms with van der Waals surface area (Å²) in [6.45, 7) is 6.20. The maximum Gasteiger partial charge on any atom is 0.0775 e. The molecule has 4 heteroatoms. The van der Waals surface area contributed by atoms with Gasteiger partial charge in [0.2, 0.25) is 0 Å². The molecule has 96 valence electrons. The Bertz CT molecular complexity index is 321. The van der Waals surface area contributed by atoms with E-state index in [0.29, 0.717) is 17.9 Å². The Labute approximate surface area is 103 Å². The van der Waals surface area contributed by atoms with Crippen LogP contribution in [0.2, 0.25) is 0 Å². The van der Waals surface area contributed by atoms with Crippen molar-refractivity contribution < 1.29 is 9.94 Å². The van der Waals surface area contributed by atoms with Crippen LogP contribution in [-0.2, 0) is 4.74 Å². The van der Waals surface area contributed by atoms with Crippen molar-refractivity contribution >= 4 is 5.71 Å². The minimum absolute atomic E-state index is 0.290. The third kappa shape index (κ3) is 1.87. The van der Waals surface area contributed by atoms with Crippen molar-refractivity contribution in [2.45, 2.75) is 51.4 Å². The van der Waals surface area contributed by atoms with Gasteiger partial charge in [0.05, 0.1) is 24.0 Å². The van der Waals surface area contributed by atoms with Gasteiger partial charge in [-0.2, -0.15) is 0 Å². The van der Waals surface area contributed by atoms with Crippen LogP contribution >= 0.6 is 0 Å². The van der Waals surface area contributed by atoms with Gasteiger partial charge < -0.3 is 9.94 Å². The molecule has 1 saturated heterocycles. The predicted molar refractivity (Wildman–Crippen MR) is 65.4 cm³/mol. The van der Waals surface area contributed by atoms with E-state index in [0.717, 1.165) is 18.8 Å². The van der Waals surface area contributed by atoms with Gasteiger partial charge in [0.25, 0.3) is 0 Å². The number of fused-ring (bicyclic) bond motifs is 2. The first-order valence-corrected chi connectivity index (χ1v) is 6.80. The average Bonchev–Trinajstić information content (AvgIpc) is 2.86. The van der Waals surface area contributed by atoms with Crippen molar-refractivity contribution in [2.75, 3.05) is 13.1 Å². The zero-order chi connectivity index (χ0) is 12.0. The molecule has 4 nitrogen and oxygen atoms in total. The molecule has 1 N–H and O–H groups in total. The lowest BCUT2D eigenvalue weighted by Crippen LogP contribution is -2.54. The smallest absolute Gasteiger partial charge is 0.0775 e. The largest absolute Gasteiger partial charge is 0.411 e. The first-order chi connectivity index (χ1) is 8.19. The Morgan fingerprint density at radius 1 is 1.24 bits per heavy atom. The van der Waals surface area contributed by atoms with Gasteiger partial charge in [-0.15, -0.1) is 0 Å². The molecular formula is C13H22N2O2. The molecule has 2 aliphatic carbocycles. The van der Waals surface area contributed by atoms with Crippen LogP contribution in [0.25, 0.3) is 0 Å². The highest BCUT2D eigenvalue weighted by molar-refractivity contribution is 5.94. The van der Waals surface area contributed by atoms with Crippen molar-refractivity contribution in [1.29, 1.82) is 0 Å². The molecule has 17 heavy (non-hydrogen) atoms. The molecule has 0 amide bonds. The number of morpholine rings is 1. The molecule has 2 saturated carbocycles. The summed E-state index contributed by atoms with van der Waals surface area (Å²) in [6.07, 6.45) is 4.32. The fourth-order valence-electron chi connectivity index (χ4n) is 4.13. The van der Waals surface area contributed by atoms with Gasteiger partial charge in [-0.1, -0.05) is 5.16 Å². The molecule has 5 unspecified atom stereocenters. The van der Waals surface area contributed by atoms with Crippen molar-refractivity contribution in [3.8, 4) is 0 Å². The molecule has 3 aliphatic rings. The normalized spacial score (nSPS) is 49.1. The Morgan fingerprint density at radius 2 is 1.94 bits per heavy atom. The van der Waals surface area contributed by atoms with Gasteiger partial charge in [0.1, 0.15) is 0 Å². The summed E-state index contributed by atoms with van der Waals surface area (Å²) >= 11 is 0. The Hall–Kier alpha value is -0.610. The molecule has 0 aromatic carbocycles. The van der Waals surface area contributed by atoms with E-state index in [-0.39, 0.29) is 12.2 Å². The number of nitrogens with zero attached hydrogens (tertiary/aromatic N) is 2. The van der Waals surface area contributed by atoms with Crippen LogP contribution < -0.4 is 0 Å². The number of rotatable bonds is 1. The molecule has 1 aliphatic heterocycles. The third-order valence-electron chi connectivity index (χ3n) is 4.60. The molecule has 3 rings (SSSR count). The zero-order valence-corrected chi connectivity index (χ0v) is 10.7. The minimum Gasteiger partial charge on any atom is -0.411 e. The van der Waals surface area contributed by atoms with E-state index < -0.39 is 0 Å². The van der Waals surface area contributed by atoms with Gasteiger partial charge in [-0.3, -0.25) is 4.90 Å². The van der Waals surface area contributed by atoms with Crippen molar-refractivity contribution in [3.05, 3.63) is 0 Å². The lowest BCUT2D eigenvalue weighted by molar-refractivity contribution is -0.0777. The third-order valence-corrected chi connectivity index (χ3v) is 4.60. The highest BCUT2D eigenvalue weighted by atomic mass is 16.5. The van der Waals surface area contributed by atoms with E-state index in [4.69, 9.17) is 4.74 Å². The van der Waals surface area contributed by atoms with Crippen molar-refractivity contribution in [2.24, 2.45) is 17.0 Å². The van der Waals surface area contributed by atoms with E-state index in [1.165, 1.54) is 19.3 Å². The zero-order valence-electron chi connectivity index (χ0n) is 10.7. The van der Waals surface area contributed by atoms with Crippen LogP contribution in [0.4, 0.5) is 0 Å². The summed E-state index contributed by atoms with van der Waals surface area (Å²) in [5.41, 5.74) is 1.04. The van der Waals surface area contributed by atoms with Crippen LogP contribution in [-0.4, -0.2) is 47.2 Å². The average molecular weight is 238 g/mol. The molecule has 0 radical (unpaired) electrons. The molecule has 0 spiro atoms. The van der Waals surface area contributed by atoms with E-state index in [2.05, 4.69) is 23.9 Å². The van der Waals surface area contributed by atoms with Gasteiger partial charge >= 0.3 is 0 Å². The van der Waals surface area contributed by atoms with Gasteiger partial charge in [0.15, 0.2) is 0 Å². The number of oxime groups is 1. The first-order valence-electron chi connectivity index (χ1n) is 6.80. The van der Waals surface area contributed by atoms with Gasteiger partial charge in [-0.25, -0.2) is 0 Å². The van der Waals surface area contributed by atoms with Crippen LogP contribution in [0.3, 0.4) is 0 Å². The fourth-order valence-corrected chi connectivity index (χ4v) is 4.13. The minimum atomic E-state index is 0.290. The van der Waals surface area contributed by atoms with Gasteiger partial charge in [0, 0.05) is 19.0 Å². The lowest BCUT2D eigenvalue weighted by Gasteiger charge is -2.41. The molecule has 3 fully saturated rings. The van der Waals surface area contributed by atoms with E-state index in [1.54, 1.807) is 0 Å². The predicted octanol–water partition coefficient (Wildman–Crippen LogP) is 1.72. The number of hydrogen-bond donors (Lipinski definition) is 1. The monoisotopic (exact) mass is 238 g/mol. The topological polar surface area (TPSA) is 45.1 Å². The number of hydrogen-bond acceptors (Lipinski definition) is 4. The highest BCUT2D eigenvalue weighted by Crippen LogP contribution is 2.45. The molecule has 5 atom stereocenters. The lowest BCUT2D eigenvalue weighted by atomic mass is 9.91. The van der Waals surface area contributed by atoms with Crippen LogP contribution in [0.15, 0.2) is 5.16 Å². The van der Waals surface area contributed by atoms with Crippen LogP contribution in [0, 0.1) is 11.8 Å². The summed E-state index contributed by atoms with van der Waals surface area (Å²) in [5.74, 6) is 1.26. The molecule has 0 aromatic heterocycles. The van der Waals surface area contributed by atoms with Crippen molar-refractivity contribution in [1.82, 2.24) is 4.90 Å². The maximum absolute atomic E-state index is 9.25. The van der Waals surface area contributed by atoms with Crippen LogP contribution in [0.5, 0.6) is 0 Å². The second kappa shape index (κ2) is 4.25. The molecule has 1 heterocycles. The van der Waals surface area contributed by atoms with Crippen molar-refractivity contribution in [3.63, 3.8) is 0 Å². The maximum atomic E-state index is 9.25.